The molecule has 0 aromatic carbocycles. The average molecular weight is 184 g/mol. The van der Waals surface area contributed by atoms with Crippen LogP contribution in [0.3, 0.4) is 0 Å². The van der Waals surface area contributed by atoms with Gasteiger partial charge in [0.25, 0.3) is 0 Å². The molecule has 0 amide bonds. The number of nitrogens with one attached hydrogen (secondary N) is 2. The van der Waals surface area contributed by atoms with Gasteiger partial charge in [-0.2, -0.15) is 0 Å². The summed E-state index contributed by atoms with van der Waals surface area (Å²) in [5.74, 6) is 0. The van der Waals surface area contributed by atoms with Gasteiger partial charge in [0.15, 0.2) is 0 Å². The number of morpholine rings is 1. The molecule has 2 fully saturated rings. The Hall–Kier alpha value is -0.120. The van der Waals surface area contributed by atoms with Crippen molar-refractivity contribution in [1.82, 2.24) is 10.6 Å². The van der Waals surface area contributed by atoms with Crippen LogP contribution in [0.4, 0.5) is 0 Å². The fourth-order valence-electron chi connectivity index (χ4n) is 2.50. The van der Waals surface area contributed by atoms with Gasteiger partial charge in [0.05, 0.1) is 6.61 Å². The molecule has 0 aromatic heterocycles. The van der Waals surface area contributed by atoms with Crippen molar-refractivity contribution in [2.24, 2.45) is 5.41 Å². The van der Waals surface area contributed by atoms with Crippen LogP contribution in [0.15, 0.2) is 0 Å². The minimum absolute atomic E-state index is 0.0799. The maximum Gasteiger partial charge on any atom is 0.109 e. The van der Waals surface area contributed by atoms with E-state index >= 15 is 0 Å². The number of ether oxygens (including phenoxy) is 1. The van der Waals surface area contributed by atoms with Crippen LogP contribution in [0.1, 0.15) is 20.8 Å². The minimum Gasteiger partial charge on any atom is -0.369 e. The molecule has 13 heavy (non-hydrogen) atoms. The van der Waals surface area contributed by atoms with Crippen molar-refractivity contribution in [1.29, 1.82) is 0 Å². The van der Waals surface area contributed by atoms with Crippen molar-refractivity contribution in [2.75, 3.05) is 26.2 Å². The van der Waals surface area contributed by atoms with Crippen molar-refractivity contribution in [3.63, 3.8) is 0 Å². The number of hydrogen-bond donors (Lipinski definition) is 2. The molecule has 0 radical (unpaired) electrons. The van der Waals surface area contributed by atoms with E-state index in [1.807, 2.05) is 0 Å². The molecule has 2 N–H and O–H groups in total. The Labute approximate surface area is 80.2 Å². The first-order chi connectivity index (χ1) is 6.05. The lowest BCUT2D eigenvalue weighted by atomic mass is 9.72. The van der Waals surface area contributed by atoms with E-state index in [9.17, 15) is 0 Å². The maximum atomic E-state index is 5.92. The van der Waals surface area contributed by atoms with Gasteiger partial charge in [0, 0.05) is 25.7 Å². The van der Waals surface area contributed by atoms with E-state index in [0.29, 0.717) is 6.04 Å². The van der Waals surface area contributed by atoms with E-state index in [-0.39, 0.29) is 11.0 Å². The van der Waals surface area contributed by atoms with Gasteiger partial charge in [-0.1, -0.05) is 20.8 Å². The summed E-state index contributed by atoms with van der Waals surface area (Å²) in [4.78, 5) is 0. The van der Waals surface area contributed by atoms with Crippen LogP contribution in [0, 0.1) is 5.41 Å². The lowest BCUT2D eigenvalue weighted by Gasteiger charge is -2.55. The number of hydrogen-bond acceptors (Lipinski definition) is 3. The Morgan fingerprint density at radius 2 is 2.00 bits per heavy atom. The first kappa shape index (κ1) is 9.44. The van der Waals surface area contributed by atoms with Crippen molar-refractivity contribution in [2.45, 2.75) is 32.4 Å². The molecule has 0 aliphatic carbocycles. The molecule has 1 atom stereocenters. The van der Waals surface area contributed by atoms with Gasteiger partial charge < -0.3 is 15.4 Å². The largest absolute Gasteiger partial charge is 0.369 e. The second-order valence-electron chi connectivity index (χ2n) is 5.27. The van der Waals surface area contributed by atoms with E-state index in [2.05, 4.69) is 31.4 Å². The van der Waals surface area contributed by atoms with E-state index in [1.54, 1.807) is 0 Å². The van der Waals surface area contributed by atoms with E-state index in [0.717, 1.165) is 26.2 Å². The van der Waals surface area contributed by atoms with E-state index in [1.165, 1.54) is 0 Å². The van der Waals surface area contributed by atoms with Crippen molar-refractivity contribution in [3.05, 3.63) is 0 Å². The molecule has 0 bridgehead atoms. The molecule has 2 heterocycles. The molecular formula is C10H20N2O. The summed E-state index contributed by atoms with van der Waals surface area (Å²) < 4.78 is 5.92. The zero-order valence-electron chi connectivity index (χ0n) is 8.81. The molecule has 2 aliphatic rings. The Kier molecular flexibility index (Phi) is 2.13. The summed E-state index contributed by atoms with van der Waals surface area (Å²) in [5, 5.41) is 6.90. The smallest absolute Gasteiger partial charge is 0.109 e. The van der Waals surface area contributed by atoms with Crippen LogP contribution in [0.5, 0.6) is 0 Å². The summed E-state index contributed by atoms with van der Waals surface area (Å²) in [6.45, 7) is 10.7. The SMILES string of the molecule is CC(C)(C)C1NCCOC12CNC2. The highest BCUT2D eigenvalue weighted by molar-refractivity contribution is 5.09. The summed E-state index contributed by atoms with van der Waals surface area (Å²) in [7, 11) is 0. The predicted molar refractivity (Wildman–Crippen MR) is 52.8 cm³/mol. The molecule has 3 heteroatoms. The molecule has 1 spiro atoms. The van der Waals surface area contributed by atoms with E-state index < -0.39 is 0 Å². The molecule has 0 saturated carbocycles. The lowest BCUT2D eigenvalue weighted by Crippen LogP contribution is -2.76. The molecule has 76 valence electrons. The third-order valence-corrected chi connectivity index (χ3v) is 3.08. The summed E-state index contributed by atoms with van der Waals surface area (Å²) in [5.41, 5.74) is 0.360. The highest BCUT2D eigenvalue weighted by Crippen LogP contribution is 2.34. The van der Waals surface area contributed by atoms with Gasteiger partial charge in [-0.15, -0.1) is 0 Å². The van der Waals surface area contributed by atoms with Crippen molar-refractivity contribution >= 4 is 0 Å². The van der Waals surface area contributed by atoms with Crippen molar-refractivity contribution in [3.8, 4) is 0 Å². The zero-order chi connectivity index (χ0) is 9.53. The Morgan fingerprint density at radius 3 is 2.38 bits per heavy atom. The normalized spacial score (nSPS) is 33.0. The minimum atomic E-state index is 0.0799. The molecule has 2 rings (SSSR count). The van der Waals surface area contributed by atoms with Crippen LogP contribution >= 0.6 is 0 Å². The monoisotopic (exact) mass is 184 g/mol. The average Bonchev–Trinajstić information content (AvgIpc) is 2.00. The molecule has 1 unspecified atom stereocenters. The fraction of sp³-hybridized carbons (Fsp3) is 1.00. The maximum absolute atomic E-state index is 5.92. The Morgan fingerprint density at radius 1 is 1.31 bits per heavy atom. The second kappa shape index (κ2) is 2.94. The molecule has 0 aromatic rings. The topological polar surface area (TPSA) is 33.3 Å². The first-order valence-electron chi connectivity index (χ1n) is 5.13. The summed E-state index contributed by atoms with van der Waals surface area (Å²) in [6.07, 6.45) is 0. The fourth-order valence-corrected chi connectivity index (χ4v) is 2.50. The molecular weight excluding hydrogens is 164 g/mol. The van der Waals surface area contributed by atoms with Crippen LogP contribution < -0.4 is 10.6 Å². The summed E-state index contributed by atoms with van der Waals surface area (Å²) >= 11 is 0. The van der Waals surface area contributed by atoms with Gasteiger partial charge in [-0.05, 0) is 5.41 Å². The standard InChI is InChI=1S/C10H20N2O/c1-9(2,3)8-10(6-11-7-10)13-5-4-12-8/h8,11-12H,4-7H2,1-3H3. The molecule has 3 nitrogen and oxygen atoms in total. The molecule has 2 saturated heterocycles. The van der Waals surface area contributed by atoms with Crippen LogP contribution in [0.25, 0.3) is 0 Å². The first-order valence-corrected chi connectivity index (χ1v) is 5.13. The van der Waals surface area contributed by atoms with Crippen LogP contribution in [-0.2, 0) is 4.74 Å². The third-order valence-electron chi connectivity index (χ3n) is 3.08. The highest BCUT2D eigenvalue weighted by atomic mass is 16.5. The van der Waals surface area contributed by atoms with Gasteiger partial charge >= 0.3 is 0 Å². The lowest BCUT2D eigenvalue weighted by molar-refractivity contribution is -0.149. The number of rotatable bonds is 0. The Bertz CT molecular complexity index is 194. The van der Waals surface area contributed by atoms with Crippen molar-refractivity contribution < 1.29 is 4.74 Å². The second-order valence-corrected chi connectivity index (χ2v) is 5.27. The quantitative estimate of drug-likeness (QED) is 0.570. The van der Waals surface area contributed by atoms with E-state index in [4.69, 9.17) is 4.74 Å². The summed E-state index contributed by atoms with van der Waals surface area (Å²) in [6, 6.07) is 0.481. The third kappa shape index (κ3) is 1.49. The Balaban J connectivity index is 2.14. The predicted octanol–water partition coefficient (Wildman–Crippen LogP) is 0.363. The van der Waals surface area contributed by atoms with Crippen LogP contribution in [0.2, 0.25) is 0 Å². The zero-order valence-corrected chi connectivity index (χ0v) is 8.81. The van der Waals surface area contributed by atoms with Crippen LogP contribution in [-0.4, -0.2) is 37.9 Å². The highest BCUT2D eigenvalue weighted by Gasteiger charge is 2.51. The van der Waals surface area contributed by atoms with Gasteiger partial charge in [-0.25, -0.2) is 0 Å². The van der Waals surface area contributed by atoms with Gasteiger partial charge in [0.1, 0.15) is 5.60 Å². The van der Waals surface area contributed by atoms with Gasteiger partial charge in [0.2, 0.25) is 0 Å². The van der Waals surface area contributed by atoms with Gasteiger partial charge in [-0.3, -0.25) is 0 Å². The molecule has 2 aliphatic heterocycles.